The first-order chi connectivity index (χ1) is 10.2. The molecule has 1 aliphatic rings. The van der Waals surface area contributed by atoms with Gasteiger partial charge < -0.3 is 15.2 Å². The van der Waals surface area contributed by atoms with Crippen molar-refractivity contribution >= 4 is 32.8 Å². The van der Waals surface area contributed by atoms with Crippen molar-refractivity contribution in [2.45, 2.75) is 38.7 Å². The maximum absolute atomic E-state index is 14.0. The van der Waals surface area contributed by atoms with Gasteiger partial charge in [-0.25, -0.2) is 9.18 Å². The van der Waals surface area contributed by atoms with E-state index in [1.165, 1.54) is 0 Å². The van der Waals surface area contributed by atoms with Crippen LogP contribution in [0.3, 0.4) is 0 Å². The molecule has 1 aliphatic carbocycles. The summed E-state index contributed by atoms with van der Waals surface area (Å²) in [6.45, 7) is 3.56. The molecule has 0 bridgehead atoms. The van der Waals surface area contributed by atoms with Crippen LogP contribution in [0.15, 0.2) is 10.5 Å². The average Bonchev–Trinajstić information content (AvgIpc) is 2.79. The molecule has 0 amide bonds. The molecule has 1 unspecified atom stereocenters. The van der Waals surface area contributed by atoms with Crippen LogP contribution in [0.25, 0.3) is 10.9 Å². The Morgan fingerprint density at radius 1 is 1.50 bits per heavy atom. The van der Waals surface area contributed by atoms with E-state index in [0.29, 0.717) is 28.2 Å². The summed E-state index contributed by atoms with van der Waals surface area (Å²) in [6, 6.07) is 1.03. The summed E-state index contributed by atoms with van der Waals surface area (Å²) in [5, 5.41) is 20.1. The summed E-state index contributed by atoms with van der Waals surface area (Å²) < 4.78 is 14.3. The van der Waals surface area contributed by atoms with Crippen molar-refractivity contribution in [3.05, 3.63) is 33.2 Å². The van der Waals surface area contributed by atoms with Crippen LogP contribution in [0.1, 0.15) is 41.9 Å². The summed E-state index contributed by atoms with van der Waals surface area (Å²) in [7, 11) is 0. The summed E-state index contributed by atoms with van der Waals surface area (Å²) in [6.07, 6.45) is 2.10. The predicted octanol–water partition coefficient (Wildman–Crippen LogP) is 3.64. The molecule has 1 aromatic heterocycles. The van der Waals surface area contributed by atoms with Crippen LogP contribution in [0.5, 0.6) is 0 Å². The van der Waals surface area contributed by atoms with Crippen LogP contribution in [-0.2, 0) is 12.8 Å². The SMILES string of the molecule is CC(C)(O)C1CCc2c([nH]c3c(C(=O)O)cc(F)c(Br)c23)C1. The quantitative estimate of drug-likeness (QED) is 0.756. The lowest BCUT2D eigenvalue weighted by Crippen LogP contribution is -2.34. The second-order valence-corrected chi connectivity index (χ2v) is 7.24. The molecule has 6 heteroatoms. The molecule has 2 aromatic rings. The minimum absolute atomic E-state index is 0.0649. The number of aromatic nitrogens is 1. The van der Waals surface area contributed by atoms with Crippen molar-refractivity contribution in [3.63, 3.8) is 0 Å². The largest absolute Gasteiger partial charge is 0.478 e. The molecule has 4 nitrogen and oxygen atoms in total. The van der Waals surface area contributed by atoms with Gasteiger partial charge in [-0.3, -0.25) is 0 Å². The standard InChI is InChI=1S/C16H17BrFNO3/c1-16(2,22)7-3-4-8-11(5-7)19-14-9(15(20)21)6-10(18)13(17)12(8)14/h6-7,19,22H,3-5H2,1-2H3,(H,20,21). The number of carbonyl (C=O) groups is 1. The summed E-state index contributed by atoms with van der Waals surface area (Å²) >= 11 is 3.24. The Balaban J connectivity index is 2.22. The van der Waals surface area contributed by atoms with Gasteiger partial charge in [-0.15, -0.1) is 0 Å². The van der Waals surface area contributed by atoms with E-state index in [2.05, 4.69) is 20.9 Å². The van der Waals surface area contributed by atoms with Crippen molar-refractivity contribution in [2.75, 3.05) is 0 Å². The second kappa shape index (κ2) is 5.06. The molecule has 3 N–H and O–H groups in total. The van der Waals surface area contributed by atoms with Gasteiger partial charge in [-0.1, -0.05) is 0 Å². The van der Waals surface area contributed by atoms with Gasteiger partial charge in [0.15, 0.2) is 0 Å². The number of aromatic carboxylic acids is 1. The first-order valence-electron chi connectivity index (χ1n) is 7.17. The van der Waals surface area contributed by atoms with Gasteiger partial charge >= 0.3 is 5.97 Å². The van der Waals surface area contributed by atoms with E-state index in [1.54, 1.807) is 13.8 Å². The molecule has 3 rings (SSSR count). The zero-order valence-corrected chi connectivity index (χ0v) is 13.9. The number of nitrogens with one attached hydrogen (secondary N) is 1. The third-order valence-electron chi connectivity index (χ3n) is 4.58. The van der Waals surface area contributed by atoms with Gasteiger partial charge in [0.25, 0.3) is 0 Å². The molecule has 1 aromatic carbocycles. The first kappa shape index (κ1) is 15.5. The Labute approximate surface area is 135 Å². The third-order valence-corrected chi connectivity index (χ3v) is 5.36. The number of fused-ring (bicyclic) bond motifs is 3. The Kier molecular flexibility index (Phi) is 3.57. The monoisotopic (exact) mass is 369 g/mol. The van der Waals surface area contributed by atoms with Gasteiger partial charge in [0.05, 0.1) is 21.2 Å². The minimum Gasteiger partial charge on any atom is -0.478 e. The summed E-state index contributed by atoms with van der Waals surface area (Å²) in [5.74, 6) is -1.64. The van der Waals surface area contributed by atoms with Gasteiger partial charge in [0, 0.05) is 11.1 Å². The van der Waals surface area contributed by atoms with Gasteiger partial charge in [0.1, 0.15) is 5.82 Å². The van der Waals surface area contributed by atoms with Crippen LogP contribution < -0.4 is 0 Å². The predicted molar refractivity (Wildman–Crippen MR) is 84.7 cm³/mol. The smallest absolute Gasteiger partial charge is 0.337 e. The van der Waals surface area contributed by atoms with Crippen LogP contribution in [0.4, 0.5) is 4.39 Å². The number of rotatable bonds is 2. The zero-order chi connectivity index (χ0) is 16.2. The fourth-order valence-corrected chi connectivity index (χ4v) is 3.86. The lowest BCUT2D eigenvalue weighted by molar-refractivity contribution is 0.0107. The maximum Gasteiger partial charge on any atom is 0.337 e. The molecule has 0 saturated heterocycles. The van der Waals surface area contributed by atoms with Crippen molar-refractivity contribution in [2.24, 2.45) is 5.92 Å². The number of aliphatic hydroxyl groups is 1. The highest BCUT2D eigenvalue weighted by molar-refractivity contribution is 9.10. The van der Waals surface area contributed by atoms with E-state index in [0.717, 1.165) is 23.7 Å². The molecule has 1 heterocycles. The second-order valence-electron chi connectivity index (χ2n) is 6.45. The lowest BCUT2D eigenvalue weighted by Gasteiger charge is -2.32. The fraction of sp³-hybridized carbons (Fsp3) is 0.438. The Hall–Kier alpha value is -1.40. The number of halogens is 2. The first-order valence-corrected chi connectivity index (χ1v) is 7.96. The number of hydrogen-bond donors (Lipinski definition) is 3. The molecule has 0 aliphatic heterocycles. The Morgan fingerprint density at radius 2 is 2.18 bits per heavy atom. The highest BCUT2D eigenvalue weighted by Gasteiger charge is 2.33. The van der Waals surface area contributed by atoms with Crippen molar-refractivity contribution in [3.8, 4) is 0 Å². The number of carboxylic acids is 1. The zero-order valence-electron chi connectivity index (χ0n) is 12.3. The van der Waals surface area contributed by atoms with E-state index in [4.69, 9.17) is 0 Å². The van der Waals surface area contributed by atoms with E-state index >= 15 is 0 Å². The molecule has 0 spiro atoms. The third kappa shape index (κ3) is 2.34. The topological polar surface area (TPSA) is 73.3 Å². The number of hydrogen-bond acceptors (Lipinski definition) is 2. The van der Waals surface area contributed by atoms with E-state index in [1.807, 2.05) is 0 Å². The van der Waals surface area contributed by atoms with Crippen LogP contribution in [-0.4, -0.2) is 26.8 Å². The van der Waals surface area contributed by atoms with Gasteiger partial charge in [-0.2, -0.15) is 0 Å². The normalized spacial score (nSPS) is 18.5. The van der Waals surface area contributed by atoms with Crippen LogP contribution in [0, 0.1) is 11.7 Å². The molecular weight excluding hydrogens is 353 g/mol. The van der Waals surface area contributed by atoms with Gasteiger partial charge in [0.2, 0.25) is 0 Å². The molecule has 0 fully saturated rings. The minimum atomic E-state index is -1.16. The van der Waals surface area contributed by atoms with Crippen LogP contribution >= 0.6 is 15.9 Å². The molecule has 0 saturated carbocycles. The molecule has 22 heavy (non-hydrogen) atoms. The lowest BCUT2D eigenvalue weighted by atomic mass is 9.78. The number of carboxylic acid groups (broad SMARTS) is 1. The highest BCUT2D eigenvalue weighted by atomic mass is 79.9. The Bertz CT molecular complexity index is 776. The number of aromatic amines is 1. The van der Waals surface area contributed by atoms with E-state index < -0.39 is 17.4 Å². The maximum atomic E-state index is 14.0. The number of benzene rings is 1. The molecule has 1 atom stereocenters. The number of H-pyrrole nitrogens is 1. The summed E-state index contributed by atoms with van der Waals surface area (Å²) in [4.78, 5) is 14.5. The van der Waals surface area contributed by atoms with Crippen molar-refractivity contribution in [1.82, 2.24) is 4.98 Å². The average molecular weight is 370 g/mol. The molecule has 0 radical (unpaired) electrons. The van der Waals surface area contributed by atoms with Crippen molar-refractivity contribution < 1.29 is 19.4 Å². The molecule has 118 valence electrons. The highest BCUT2D eigenvalue weighted by Crippen LogP contribution is 2.40. The van der Waals surface area contributed by atoms with E-state index in [-0.39, 0.29) is 11.5 Å². The van der Waals surface area contributed by atoms with E-state index in [9.17, 15) is 19.4 Å². The molecular formula is C16H17BrFNO3. The Morgan fingerprint density at radius 3 is 2.77 bits per heavy atom. The fourth-order valence-electron chi connectivity index (χ4n) is 3.31. The van der Waals surface area contributed by atoms with Crippen molar-refractivity contribution in [1.29, 1.82) is 0 Å². The summed E-state index contributed by atoms with van der Waals surface area (Å²) in [5.41, 5.74) is 1.42. The number of aryl methyl sites for hydroxylation is 1. The van der Waals surface area contributed by atoms with Gasteiger partial charge in [-0.05, 0) is 66.6 Å². The van der Waals surface area contributed by atoms with Crippen LogP contribution in [0.2, 0.25) is 0 Å².